The van der Waals surface area contributed by atoms with Gasteiger partial charge in [0.1, 0.15) is 11.5 Å². The Bertz CT molecular complexity index is 838. The molecule has 6 nitrogen and oxygen atoms in total. The first kappa shape index (κ1) is 19.2. The molecule has 1 aromatic carbocycles. The van der Waals surface area contributed by atoms with Crippen LogP contribution in [0.3, 0.4) is 0 Å². The summed E-state index contributed by atoms with van der Waals surface area (Å²) < 4.78 is 30.2. The van der Waals surface area contributed by atoms with Crippen LogP contribution in [0.2, 0.25) is 0 Å². The zero-order valence-electron chi connectivity index (χ0n) is 15.0. The first-order valence-electron chi connectivity index (χ1n) is 8.23. The summed E-state index contributed by atoms with van der Waals surface area (Å²) in [6, 6.07) is 7.57. The largest absolute Gasteiger partial charge is 0.441 e. The van der Waals surface area contributed by atoms with Gasteiger partial charge in [-0.25, -0.2) is 13.4 Å². The molecule has 0 fully saturated rings. The van der Waals surface area contributed by atoms with Crippen molar-refractivity contribution in [2.45, 2.75) is 45.9 Å². The summed E-state index contributed by atoms with van der Waals surface area (Å²) in [6.45, 7) is 7.41. The smallest absolute Gasteiger partial charge is 0.235 e. The van der Waals surface area contributed by atoms with Crippen LogP contribution in [0.5, 0.6) is 0 Å². The van der Waals surface area contributed by atoms with Crippen LogP contribution in [-0.4, -0.2) is 31.1 Å². The summed E-state index contributed by atoms with van der Waals surface area (Å²) >= 11 is 0. The van der Waals surface area contributed by atoms with E-state index in [1.165, 1.54) is 0 Å². The lowest BCUT2D eigenvalue weighted by Crippen LogP contribution is -2.36. The third-order valence-electron chi connectivity index (χ3n) is 3.92. The van der Waals surface area contributed by atoms with Gasteiger partial charge in [-0.1, -0.05) is 24.6 Å². The third kappa shape index (κ3) is 5.42. The molecule has 136 valence electrons. The fourth-order valence-electron chi connectivity index (χ4n) is 2.26. The van der Waals surface area contributed by atoms with Crippen LogP contribution >= 0.6 is 0 Å². The minimum absolute atomic E-state index is 0.0513. The number of rotatable bonds is 7. The predicted molar refractivity (Wildman–Crippen MR) is 96.8 cm³/mol. The van der Waals surface area contributed by atoms with Gasteiger partial charge in [-0.2, -0.15) is 0 Å². The Morgan fingerprint density at radius 3 is 2.48 bits per heavy atom. The molecule has 0 saturated carbocycles. The maximum atomic E-state index is 12.3. The number of nitrogens with one attached hydrogen (secondary N) is 1. The van der Waals surface area contributed by atoms with E-state index in [0.717, 1.165) is 17.5 Å². The summed E-state index contributed by atoms with van der Waals surface area (Å²) in [7, 11) is -3.62. The summed E-state index contributed by atoms with van der Waals surface area (Å²) in [5, 5.41) is 2.66. The lowest BCUT2D eigenvalue weighted by molar-refractivity contribution is -0.119. The Labute approximate surface area is 148 Å². The molecule has 0 aliphatic heterocycles. The standard InChI is InChI=1S/C18H24N2O4S/c1-5-13(3)19-17(21)11-25(22,23)10-16-14(4)24-18(20-16)15-8-6-12(2)7-9-15/h6-9,13H,5,10-11H2,1-4H3,(H,19,21). The number of hydrogen-bond donors (Lipinski definition) is 1. The van der Waals surface area contributed by atoms with Crippen molar-refractivity contribution in [2.75, 3.05) is 5.75 Å². The molecular formula is C18H24N2O4S. The highest BCUT2D eigenvalue weighted by Gasteiger charge is 2.22. The Kier molecular flexibility index (Phi) is 6.00. The monoisotopic (exact) mass is 364 g/mol. The second-order valence-electron chi connectivity index (χ2n) is 6.30. The summed E-state index contributed by atoms with van der Waals surface area (Å²) in [4.78, 5) is 16.1. The summed E-state index contributed by atoms with van der Waals surface area (Å²) in [6.07, 6.45) is 0.744. The average molecular weight is 364 g/mol. The van der Waals surface area contributed by atoms with Gasteiger partial charge >= 0.3 is 0 Å². The zero-order valence-corrected chi connectivity index (χ0v) is 15.8. The molecule has 0 bridgehead atoms. The van der Waals surface area contributed by atoms with Crippen molar-refractivity contribution >= 4 is 15.7 Å². The van der Waals surface area contributed by atoms with Crippen molar-refractivity contribution < 1.29 is 17.6 Å². The summed E-state index contributed by atoms with van der Waals surface area (Å²) in [5.41, 5.74) is 2.24. The van der Waals surface area contributed by atoms with Crippen LogP contribution in [0.25, 0.3) is 11.5 Å². The molecular weight excluding hydrogens is 340 g/mol. The van der Waals surface area contributed by atoms with E-state index in [0.29, 0.717) is 17.3 Å². The summed E-state index contributed by atoms with van der Waals surface area (Å²) in [5.74, 6) is -0.534. The van der Waals surface area contributed by atoms with Gasteiger partial charge in [0.25, 0.3) is 0 Å². The van der Waals surface area contributed by atoms with Crippen molar-refractivity contribution in [3.63, 3.8) is 0 Å². The second kappa shape index (κ2) is 7.82. The van der Waals surface area contributed by atoms with Gasteiger partial charge in [0, 0.05) is 11.6 Å². The Morgan fingerprint density at radius 2 is 1.88 bits per heavy atom. The minimum atomic E-state index is -3.62. The molecule has 0 saturated heterocycles. The van der Waals surface area contributed by atoms with E-state index in [4.69, 9.17) is 4.42 Å². The van der Waals surface area contributed by atoms with E-state index in [2.05, 4.69) is 10.3 Å². The van der Waals surface area contributed by atoms with Gasteiger partial charge in [0.15, 0.2) is 9.84 Å². The van der Waals surface area contributed by atoms with Crippen LogP contribution < -0.4 is 5.32 Å². The van der Waals surface area contributed by atoms with Crippen molar-refractivity contribution in [1.82, 2.24) is 10.3 Å². The maximum absolute atomic E-state index is 12.3. The number of nitrogens with zero attached hydrogens (tertiary/aromatic N) is 1. The van der Waals surface area contributed by atoms with Crippen molar-refractivity contribution in [3.05, 3.63) is 41.3 Å². The number of carbonyl (C=O) groups is 1. The molecule has 1 unspecified atom stereocenters. The number of aryl methyl sites for hydroxylation is 2. The molecule has 1 N–H and O–H groups in total. The third-order valence-corrected chi connectivity index (χ3v) is 5.33. The highest BCUT2D eigenvalue weighted by atomic mass is 32.2. The van der Waals surface area contributed by atoms with Crippen molar-refractivity contribution in [2.24, 2.45) is 0 Å². The van der Waals surface area contributed by atoms with Crippen molar-refractivity contribution in [3.8, 4) is 11.5 Å². The highest BCUT2D eigenvalue weighted by molar-refractivity contribution is 7.91. The average Bonchev–Trinajstić information content (AvgIpc) is 2.87. The molecule has 1 aromatic heterocycles. The number of oxazole rings is 1. The molecule has 2 aromatic rings. The van der Waals surface area contributed by atoms with E-state index >= 15 is 0 Å². The Morgan fingerprint density at radius 1 is 1.24 bits per heavy atom. The minimum Gasteiger partial charge on any atom is -0.441 e. The molecule has 0 spiro atoms. The number of hydrogen-bond acceptors (Lipinski definition) is 5. The van der Waals surface area contributed by atoms with Crippen LogP contribution in [0.1, 0.15) is 37.3 Å². The Hall–Kier alpha value is -2.15. The predicted octanol–water partition coefficient (Wildman–Crippen LogP) is 2.79. The van der Waals surface area contributed by atoms with E-state index in [1.807, 2.05) is 45.0 Å². The number of sulfone groups is 1. The molecule has 25 heavy (non-hydrogen) atoms. The number of benzene rings is 1. The van der Waals surface area contributed by atoms with Gasteiger partial charge in [-0.05, 0) is 39.3 Å². The first-order chi connectivity index (χ1) is 11.7. The van der Waals surface area contributed by atoms with E-state index in [1.54, 1.807) is 6.92 Å². The molecule has 1 atom stereocenters. The van der Waals surface area contributed by atoms with Gasteiger partial charge in [0.05, 0.1) is 11.4 Å². The van der Waals surface area contributed by atoms with E-state index in [-0.39, 0.29) is 11.8 Å². The first-order valence-corrected chi connectivity index (χ1v) is 10.1. The van der Waals surface area contributed by atoms with Gasteiger partial charge in [0.2, 0.25) is 11.8 Å². The zero-order chi connectivity index (χ0) is 18.6. The van der Waals surface area contributed by atoms with Crippen LogP contribution in [-0.2, 0) is 20.4 Å². The number of carbonyl (C=O) groups excluding carboxylic acids is 1. The highest BCUT2D eigenvalue weighted by Crippen LogP contribution is 2.23. The second-order valence-corrected chi connectivity index (χ2v) is 8.36. The fourth-order valence-corrected chi connectivity index (χ4v) is 3.53. The van der Waals surface area contributed by atoms with Gasteiger partial charge < -0.3 is 9.73 Å². The molecule has 0 radical (unpaired) electrons. The number of amides is 1. The van der Waals surface area contributed by atoms with Crippen LogP contribution in [0.4, 0.5) is 0 Å². The molecule has 1 heterocycles. The van der Waals surface area contributed by atoms with E-state index < -0.39 is 21.5 Å². The maximum Gasteiger partial charge on any atom is 0.235 e. The van der Waals surface area contributed by atoms with Crippen molar-refractivity contribution in [1.29, 1.82) is 0 Å². The normalized spacial score (nSPS) is 12.8. The lowest BCUT2D eigenvalue weighted by atomic mass is 10.1. The quantitative estimate of drug-likeness (QED) is 0.816. The lowest BCUT2D eigenvalue weighted by Gasteiger charge is -2.11. The molecule has 0 aliphatic rings. The topological polar surface area (TPSA) is 89.3 Å². The SMILES string of the molecule is CCC(C)NC(=O)CS(=O)(=O)Cc1nc(-c2ccc(C)cc2)oc1C. The van der Waals surface area contributed by atoms with Crippen LogP contribution in [0.15, 0.2) is 28.7 Å². The Balaban J connectivity index is 2.11. The molecule has 0 aliphatic carbocycles. The van der Waals surface area contributed by atoms with Crippen LogP contribution in [0, 0.1) is 13.8 Å². The van der Waals surface area contributed by atoms with E-state index in [9.17, 15) is 13.2 Å². The molecule has 7 heteroatoms. The number of aromatic nitrogens is 1. The molecule has 1 amide bonds. The fraction of sp³-hybridized carbons (Fsp3) is 0.444. The van der Waals surface area contributed by atoms with Gasteiger partial charge in [-0.3, -0.25) is 4.79 Å². The van der Waals surface area contributed by atoms with Gasteiger partial charge in [-0.15, -0.1) is 0 Å². The molecule has 2 rings (SSSR count).